The zero-order valence-corrected chi connectivity index (χ0v) is 23.6. The van der Waals surface area contributed by atoms with Gasteiger partial charge in [0.05, 0.1) is 6.10 Å². The van der Waals surface area contributed by atoms with E-state index in [1.165, 1.54) is 17.7 Å². The minimum absolute atomic E-state index is 0.237. The molecule has 3 aliphatic rings. The van der Waals surface area contributed by atoms with Crippen molar-refractivity contribution in [3.05, 3.63) is 29.8 Å². The van der Waals surface area contributed by atoms with E-state index in [1.54, 1.807) is 13.8 Å². The molecule has 218 valence electrons. The van der Waals surface area contributed by atoms with Crippen LogP contribution in [-0.4, -0.2) is 71.1 Å². The smallest absolute Gasteiger partial charge is 0.246 e. The monoisotopic (exact) mass is 554 g/mol. The highest BCUT2D eigenvalue weighted by Gasteiger charge is 2.43. The maximum Gasteiger partial charge on any atom is 0.246 e. The average molecular weight is 555 g/mol. The van der Waals surface area contributed by atoms with Gasteiger partial charge in [-0.1, -0.05) is 19.1 Å². The van der Waals surface area contributed by atoms with Gasteiger partial charge in [-0.2, -0.15) is 0 Å². The number of aldehydes is 1. The summed E-state index contributed by atoms with van der Waals surface area (Å²) >= 11 is 0. The summed E-state index contributed by atoms with van der Waals surface area (Å²) in [5, 5.41) is 8.53. The fourth-order valence-corrected chi connectivity index (χ4v) is 5.77. The van der Waals surface area contributed by atoms with Crippen LogP contribution in [0.2, 0.25) is 0 Å². The third-order valence-corrected chi connectivity index (χ3v) is 8.47. The zero-order valence-electron chi connectivity index (χ0n) is 23.6. The summed E-state index contributed by atoms with van der Waals surface area (Å²) in [6.45, 7) is 3.79. The van der Waals surface area contributed by atoms with Crippen LogP contribution in [0.5, 0.6) is 5.75 Å². The Morgan fingerprint density at radius 1 is 0.975 bits per heavy atom. The van der Waals surface area contributed by atoms with Gasteiger partial charge >= 0.3 is 0 Å². The molecule has 1 aromatic carbocycles. The van der Waals surface area contributed by atoms with Crippen LogP contribution in [0.3, 0.4) is 0 Å². The van der Waals surface area contributed by atoms with Gasteiger partial charge in [-0.05, 0) is 82.4 Å². The summed E-state index contributed by atoms with van der Waals surface area (Å²) in [4.78, 5) is 66.5. The Balaban J connectivity index is 1.57. The Labute approximate surface area is 236 Å². The Hall–Kier alpha value is -3.43. The van der Waals surface area contributed by atoms with Crippen molar-refractivity contribution in [3.63, 3.8) is 0 Å². The van der Waals surface area contributed by atoms with E-state index < -0.39 is 41.4 Å². The number of unbranched alkanes of at least 4 members (excludes halogenated alkanes) is 1. The standard InChI is InChI=1S/C30H42N4O6/c1-3-30(2)29(39)32-24(19-20-13-15-22(16-14-20)40-21-9-4-5-10-21)28(38)34-17-8-12-25(34)27(37)31-23(26(36)33-30)11-6-7-18-35/h13-16,18,21,23-25H,3-12,17,19H2,1-2H3,(H,31,37)(H,32,39)(H,33,36)/t23-,24-,25+,30-/m0/s1. The Morgan fingerprint density at radius 2 is 1.70 bits per heavy atom. The molecule has 1 aromatic rings. The second kappa shape index (κ2) is 13.3. The van der Waals surface area contributed by atoms with Crippen molar-refractivity contribution in [1.29, 1.82) is 0 Å². The predicted molar refractivity (Wildman–Crippen MR) is 148 cm³/mol. The first-order valence-corrected chi connectivity index (χ1v) is 14.7. The molecule has 1 aliphatic carbocycles. The maximum atomic E-state index is 13.9. The van der Waals surface area contributed by atoms with Crippen molar-refractivity contribution in [3.8, 4) is 5.75 Å². The van der Waals surface area contributed by atoms with Gasteiger partial charge < -0.3 is 30.4 Å². The summed E-state index contributed by atoms with van der Waals surface area (Å²) in [5.74, 6) is -0.874. The molecule has 4 atom stereocenters. The van der Waals surface area contributed by atoms with Gasteiger partial charge in [0, 0.05) is 19.4 Å². The molecule has 4 amide bonds. The number of ether oxygens (including phenoxy) is 1. The number of hydrogen-bond acceptors (Lipinski definition) is 6. The van der Waals surface area contributed by atoms with Crippen LogP contribution in [0.25, 0.3) is 0 Å². The second-order valence-electron chi connectivity index (χ2n) is 11.4. The van der Waals surface area contributed by atoms with Crippen molar-refractivity contribution in [1.82, 2.24) is 20.9 Å². The molecule has 0 spiro atoms. The number of nitrogens with zero attached hydrogens (tertiary/aromatic N) is 1. The van der Waals surface area contributed by atoms with Crippen LogP contribution >= 0.6 is 0 Å². The molecular formula is C30H42N4O6. The largest absolute Gasteiger partial charge is 0.490 e. The van der Waals surface area contributed by atoms with Gasteiger partial charge in [0.2, 0.25) is 23.6 Å². The minimum Gasteiger partial charge on any atom is -0.490 e. The Kier molecular flexibility index (Phi) is 9.81. The number of carbonyl (C=O) groups is 5. The lowest BCUT2D eigenvalue weighted by Gasteiger charge is -2.35. The van der Waals surface area contributed by atoms with Gasteiger partial charge in [0.1, 0.15) is 35.7 Å². The highest BCUT2D eigenvalue weighted by atomic mass is 16.5. The molecule has 3 fully saturated rings. The molecule has 2 heterocycles. The van der Waals surface area contributed by atoms with Crippen LogP contribution in [0.1, 0.15) is 83.6 Å². The molecular weight excluding hydrogens is 512 g/mol. The van der Waals surface area contributed by atoms with Crippen LogP contribution in [-0.2, 0) is 30.4 Å². The number of fused-ring (bicyclic) bond motifs is 1. The summed E-state index contributed by atoms with van der Waals surface area (Å²) < 4.78 is 6.06. The van der Waals surface area contributed by atoms with Crippen LogP contribution < -0.4 is 20.7 Å². The molecule has 0 bridgehead atoms. The van der Waals surface area contributed by atoms with Gasteiger partial charge in [-0.15, -0.1) is 0 Å². The fraction of sp³-hybridized carbons (Fsp3) is 0.633. The summed E-state index contributed by atoms with van der Waals surface area (Å²) in [6.07, 6.45) is 8.04. The van der Waals surface area contributed by atoms with Crippen molar-refractivity contribution in [2.45, 2.75) is 114 Å². The SMILES string of the molecule is CC[C@]1(C)NC(=O)[C@H](CCCC=O)NC(=O)[C@H]2CCCN2C(=O)[C@H](Cc2ccc(OC3CCCC3)cc2)NC1=O. The molecule has 10 heteroatoms. The van der Waals surface area contributed by atoms with E-state index in [-0.39, 0.29) is 37.7 Å². The minimum atomic E-state index is -1.30. The molecule has 0 radical (unpaired) electrons. The van der Waals surface area contributed by atoms with E-state index in [4.69, 9.17) is 4.74 Å². The molecule has 0 aromatic heterocycles. The number of benzene rings is 1. The lowest BCUT2D eigenvalue weighted by molar-refractivity contribution is -0.144. The highest BCUT2D eigenvalue weighted by molar-refractivity contribution is 5.99. The lowest BCUT2D eigenvalue weighted by Crippen LogP contribution is -2.65. The van der Waals surface area contributed by atoms with E-state index in [0.717, 1.165) is 30.4 Å². The topological polar surface area (TPSA) is 134 Å². The molecule has 2 aliphatic heterocycles. The van der Waals surface area contributed by atoms with E-state index in [9.17, 15) is 24.0 Å². The molecule has 40 heavy (non-hydrogen) atoms. The third kappa shape index (κ3) is 7.01. The highest BCUT2D eigenvalue weighted by Crippen LogP contribution is 2.25. The van der Waals surface area contributed by atoms with Gasteiger partial charge in [0.25, 0.3) is 0 Å². The quantitative estimate of drug-likeness (QED) is 0.317. The molecule has 3 N–H and O–H groups in total. The number of nitrogens with one attached hydrogen (secondary N) is 3. The van der Waals surface area contributed by atoms with Crippen molar-refractivity contribution < 1.29 is 28.7 Å². The summed E-state index contributed by atoms with van der Waals surface area (Å²) in [5.41, 5.74) is -0.451. The van der Waals surface area contributed by atoms with Gasteiger partial charge in [-0.25, -0.2) is 0 Å². The van der Waals surface area contributed by atoms with Crippen molar-refractivity contribution in [2.75, 3.05) is 6.54 Å². The third-order valence-electron chi connectivity index (χ3n) is 8.47. The first-order chi connectivity index (χ1) is 19.2. The first-order valence-electron chi connectivity index (χ1n) is 14.7. The molecule has 4 rings (SSSR count). The predicted octanol–water partition coefficient (Wildman–Crippen LogP) is 2.18. The summed E-state index contributed by atoms with van der Waals surface area (Å²) in [6, 6.07) is 5.03. The van der Waals surface area contributed by atoms with Gasteiger partial charge in [-0.3, -0.25) is 19.2 Å². The van der Waals surface area contributed by atoms with Crippen molar-refractivity contribution >= 4 is 29.9 Å². The first kappa shape index (κ1) is 29.6. The van der Waals surface area contributed by atoms with E-state index >= 15 is 0 Å². The second-order valence-corrected chi connectivity index (χ2v) is 11.4. The molecule has 2 saturated heterocycles. The van der Waals surface area contributed by atoms with Crippen LogP contribution in [0.4, 0.5) is 0 Å². The average Bonchev–Trinajstić information content (AvgIpc) is 3.65. The molecule has 1 saturated carbocycles. The van der Waals surface area contributed by atoms with E-state index in [2.05, 4.69) is 16.0 Å². The van der Waals surface area contributed by atoms with Gasteiger partial charge in [0.15, 0.2) is 0 Å². The summed E-state index contributed by atoms with van der Waals surface area (Å²) in [7, 11) is 0. The number of hydrogen-bond donors (Lipinski definition) is 3. The maximum absolute atomic E-state index is 13.9. The van der Waals surface area contributed by atoms with Crippen LogP contribution in [0.15, 0.2) is 24.3 Å². The van der Waals surface area contributed by atoms with E-state index in [1.807, 2.05) is 24.3 Å². The number of rotatable bonds is 9. The number of carbonyl (C=O) groups excluding carboxylic acids is 5. The fourth-order valence-electron chi connectivity index (χ4n) is 5.77. The normalized spacial score (nSPS) is 28.1. The van der Waals surface area contributed by atoms with Crippen LogP contribution in [0, 0.1) is 0 Å². The Bertz CT molecular complexity index is 1090. The molecule has 0 unspecified atom stereocenters. The Morgan fingerprint density at radius 3 is 2.38 bits per heavy atom. The lowest BCUT2D eigenvalue weighted by atomic mass is 9.94. The molecule has 10 nitrogen and oxygen atoms in total. The number of amides is 4. The van der Waals surface area contributed by atoms with Crippen molar-refractivity contribution in [2.24, 2.45) is 0 Å². The van der Waals surface area contributed by atoms with E-state index in [0.29, 0.717) is 25.8 Å². The zero-order chi connectivity index (χ0) is 28.7.